The Labute approximate surface area is 136 Å². The van der Waals surface area contributed by atoms with Gasteiger partial charge in [-0.3, -0.25) is 0 Å². The molecule has 0 atom stereocenters. The van der Waals surface area contributed by atoms with Crippen molar-refractivity contribution in [1.29, 1.82) is 0 Å². The first-order valence-electron chi connectivity index (χ1n) is 7.44. The molecule has 22 heavy (non-hydrogen) atoms. The minimum Gasteiger partial charge on any atom is -0.488 e. The predicted octanol–water partition coefficient (Wildman–Crippen LogP) is 3.70. The summed E-state index contributed by atoms with van der Waals surface area (Å²) in [4.78, 5) is 13.7. The van der Waals surface area contributed by atoms with E-state index in [1.54, 1.807) is 23.1 Å². The molecule has 5 nitrogen and oxygen atoms in total. The number of piperidine rings is 1. The van der Waals surface area contributed by atoms with Gasteiger partial charge in [-0.2, -0.15) is 0 Å². The molecule has 6 heteroatoms. The average Bonchev–Trinajstić information content (AvgIpc) is 2.41. The molecule has 2 N–H and O–H groups in total. The van der Waals surface area contributed by atoms with Gasteiger partial charge in [0.25, 0.3) is 0 Å². The van der Waals surface area contributed by atoms with Gasteiger partial charge in [-0.05, 0) is 39.0 Å². The third-order valence-electron chi connectivity index (χ3n) is 3.36. The molecule has 2 rings (SSSR count). The number of anilines is 1. The van der Waals surface area contributed by atoms with Crippen molar-refractivity contribution in [2.75, 3.05) is 18.8 Å². The first-order chi connectivity index (χ1) is 10.2. The van der Waals surface area contributed by atoms with Crippen LogP contribution in [-0.4, -0.2) is 35.8 Å². The largest absolute Gasteiger partial charge is 0.488 e. The minimum atomic E-state index is -0.470. The highest BCUT2D eigenvalue weighted by Gasteiger charge is 2.27. The average molecular weight is 327 g/mol. The summed E-state index contributed by atoms with van der Waals surface area (Å²) in [6.45, 7) is 6.83. The summed E-state index contributed by atoms with van der Waals surface area (Å²) in [7, 11) is 0. The number of hydrogen-bond donors (Lipinski definition) is 1. The number of nitrogens with zero attached hydrogens (tertiary/aromatic N) is 1. The molecule has 1 aromatic rings. The van der Waals surface area contributed by atoms with Gasteiger partial charge in [0.05, 0.1) is 5.69 Å². The second-order valence-electron chi connectivity index (χ2n) is 6.47. The van der Waals surface area contributed by atoms with Gasteiger partial charge in [0, 0.05) is 31.0 Å². The number of nitrogens with two attached hydrogens (primary N) is 1. The summed E-state index contributed by atoms with van der Waals surface area (Å²) in [6.07, 6.45) is 1.28. The molecule has 1 heterocycles. The lowest BCUT2D eigenvalue weighted by molar-refractivity contribution is 0.0127. The van der Waals surface area contributed by atoms with E-state index in [0.717, 1.165) is 12.8 Å². The molecular weight excluding hydrogens is 304 g/mol. The molecule has 1 amide bonds. The predicted molar refractivity (Wildman–Crippen MR) is 87.3 cm³/mol. The fourth-order valence-corrected chi connectivity index (χ4v) is 2.47. The van der Waals surface area contributed by atoms with Gasteiger partial charge in [0.2, 0.25) is 0 Å². The molecule has 0 unspecified atom stereocenters. The molecule has 0 bridgehead atoms. The van der Waals surface area contributed by atoms with Crippen LogP contribution in [0.2, 0.25) is 5.02 Å². The third-order valence-corrected chi connectivity index (χ3v) is 3.59. The van der Waals surface area contributed by atoms with Gasteiger partial charge in [0.1, 0.15) is 17.5 Å². The van der Waals surface area contributed by atoms with Crippen molar-refractivity contribution in [3.8, 4) is 5.75 Å². The summed E-state index contributed by atoms with van der Waals surface area (Å²) in [5, 5.41) is 0.588. The fourth-order valence-electron chi connectivity index (χ4n) is 2.29. The van der Waals surface area contributed by atoms with Crippen LogP contribution in [0.5, 0.6) is 5.75 Å². The molecule has 0 aliphatic carbocycles. The van der Waals surface area contributed by atoms with Crippen molar-refractivity contribution < 1.29 is 14.3 Å². The SMILES string of the molecule is CC(C)(C)OC(=O)N1CCC(Oc2ccc(Cl)cc2N)CC1. The lowest BCUT2D eigenvalue weighted by atomic mass is 10.1. The smallest absolute Gasteiger partial charge is 0.410 e. The molecule has 1 fully saturated rings. The number of carbonyl (C=O) groups excluding carboxylic acids is 1. The highest BCUT2D eigenvalue weighted by atomic mass is 35.5. The zero-order chi connectivity index (χ0) is 16.3. The molecule has 1 saturated heterocycles. The van der Waals surface area contributed by atoms with E-state index in [1.165, 1.54) is 0 Å². The standard InChI is InChI=1S/C16H23ClN2O3/c1-16(2,3)22-15(20)19-8-6-12(7-9-19)21-14-5-4-11(17)10-13(14)18/h4-5,10,12H,6-9,18H2,1-3H3. The molecule has 1 aliphatic rings. The molecule has 0 aromatic heterocycles. The Morgan fingerprint density at radius 3 is 2.50 bits per heavy atom. The molecule has 1 aliphatic heterocycles. The van der Waals surface area contributed by atoms with Crippen LogP contribution in [0.25, 0.3) is 0 Å². The Hall–Kier alpha value is -1.62. The fraction of sp³-hybridized carbons (Fsp3) is 0.562. The summed E-state index contributed by atoms with van der Waals surface area (Å²) in [6, 6.07) is 5.20. The van der Waals surface area contributed by atoms with Crippen molar-refractivity contribution in [1.82, 2.24) is 4.90 Å². The number of ether oxygens (including phenoxy) is 2. The van der Waals surface area contributed by atoms with Gasteiger partial charge >= 0.3 is 6.09 Å². The zero-order valence-electron chi connectivity index (χ0n) is 13.3. The van der Waals surface area contributed by atoms with E-state index in [4.69, 9.17) is 26.8 Å². The number of nitrogen functional groups attached to an aromatic ring is 1. The summed E-state index contributed by atoms with van der Waals surface area (Å²) >= 11 is 5.87. The third kappa shape index (κ3) is 4.70. The zero-order valence-corrected chi connectivity index (χ0v) is 14.0. The topological polar surface area (TPSA) is 64.8 Å². The normalized spacial score (nSPS) is 16.5. The summed E-state index contributed by atoms with van der Waals surface area (Å²) < 4.78 is 11.3. The minimum absolute atomic E-state index is 0.0437. The molecular formula is C16H23ClN2O3. The number of likely N-dealkylation sites (tertiary alicyclic amines) is 1. The number of amides is 1. The lowest BCUT2D eigenvalue weighted by Crippen LogP contribution is -2.44. The van der Waals surface area contributed by atoms with Crippen LogP contribution in [0.15, 0.2) is 18.2 Å². The lowest BCUT2D eigenvalue weighted by Gasteiger charge is -2.33. The van der Waals surface area contributed by atoms with Gasteiger partial charge in [-0.1, -0.05) is 11.6 Å². The van der Waals surface area contributed by atoms with E-state index in [9.17, 15) is 4.79 Å². The quantitative estimate of drug-likeness (QED) is 0.842. The van der Waals surface area contributed by atoms with Crippen LogP contribution in [0.3, 0.4) is 0 Å². The number of hydrogen-bond acceptors (Lipinski definition) is 4. The van der Waals surface area contributed by atoms with Crippen LogP contribution in [0.4, 0.5) is 10.5 Å². The van der Waals surface area contributed by atoms with E-state index in [0.29, 0.717) is 29.5 Å². The van der Waals surface area contributed by atoms with Crippen LogP contribution >= 0.6 is 11.6 Å². The van der Waals surface area contributed by atoms with Crippen LogP contribution in [-0.2, 0) is 4.74 Å². The van der Waals surface area contributed by atoms with Crippen molar-refractivity contribution in [3.63, 3.8) is 0 Å². The van der Waals surface area contributed by atoms with Crippen LogP contribution in [0, 0.1) is 0 Å². The molecule has 0 spiro atoms. The van der Waals surface area contributed by atoms with E-state index in [1.807, 2.05) is 20.8 Å². The molecule has 0 radical (unpaired) electrons. The Kier molecular flexibility index (Phi) is 5.06. The maximum atomic E-state index is 12.0. The van der Waals surface area contributed by atoms with Crippen LogP contribution < -0.4 is 10.5 Å². The van der Waals surface area contributed by atoms with Gasteiger partial charge < -0.3 is 20.1 Å². The van der Waals surface area contributed by atoms with Crippen molar-refractivity contribution in [2.24, 2.45) is 0 Å². The van der Waals surface area contributed by atoms with Gasteiger partial charge in [-0.25, -0.2) is 4.79 Å². The molecule has 1 aromatic carbocycles. The van der Waals surface area contributed by atoms with Crippen molar-refractivity contribution in [2.45, 2.75) is 45.3 Å². The van der Waals surface area contributed by atoms with E-state index >= 15 is 0 Å². The Bertz CT molecular complexity index is 535. The first-order valence-corrected chi connectivity index (χ1v) is 7.82. The summed E-state index contributed by atoms with van der Waals surface area (Å²) in [5.74, 6) is 0.639. The highest BCUT2D eigenvalue weighted by Crippen LogP contribution is 2.28. The second-order valence-corrected chi connectivity index (χ2v) is 6.90. The maximum absolute atomic E-state index is 12.0. The van der Waals surface area contributed by atoms with Crippen molar-refractivity contribution in [3.05, 3.63) is 23.2 Å². The Balaban J connectivity index is 1.86. The van der Waals surface area contributed by atoms with Gasteiger partial charge in [0.15, 0.2) is 0 Å². The van der Waals surface area contributed by atoms with E-state index in [-0.39, 0.29) is 12.2 Å². The number of benzene rings is 1. The Morgan fingerprint density at radius 1 is 1.32 bits per heavy atom. The van der Waals surface area contributed by atoms with Gasteiger partial charge in [-0.15, -0.1) is 0 Å². The highest BCUT2D eigenvalue weighted by molar-refractivity contribution is 6.30. The molecule has 122 valence electrons. The van der Waals surface area contributed by atoms with E-state index in [2.05, 4.69) is 0 Å². The first kappa shape index (κ1) is 16.7. The van der Waals surface area contributed by atoms with Crippen LogP contribution in [0.1, 0.15) is 33.6 Å². The summed E-state index contributed by atoms with van der Waals surface area (Å²) in [5.41, 5.74) is 5.95. The maximum Gasteiger partial charge on any atom is 0.410 e. The second kappa shape index (κ2) is 6.65. The van der Waals surface area contributed by atoms with E-state index < -0.39 is 5.60 Å². The Morgan fingerprint density at radius 2 is 1.95 bits per heavy atom. The number of rotatable bonds is 2. The molecule has 0 saturated carbocycles. The number of carbonyl (C=O) groups is 1. The number of halogens is 1. The monoisotopic (exact) mass is 326 g/mol. The van der Waals surface area contributed by atoms with Crippen molar-refractivity contribution >= 4 is 23.4 Å².